The molecule has 2 heterocycles. The SMILES string of the molecule is CC[C@H](C)NC(=O)CC1=CSC2=NC(C)=C(C(=O)Nc3ccccc3)[C@H](c3cc(C)ccc3C)N12. The Morgan fingerprint density at radius 3 is 2.57 bits per heavy atom. The second kappa shape index (κ2) is 10.5. The molecule has 0 saturated heterocycles. The third-order valence-corrected chi connectivity index (χ3v) is 7.26. The molecule has 2 atom stereocenters. The molecule has 182 valence electrons. The van der Waals surface area contributed by atoms with Gasteiger partial charge in [0.05, 0.1) is 23.7 Å². The summed E-state index contributed by atoms with van der Waals surface area (Å²) in [6, 6.07) is 15.5. The van der Waals surface area contributed by atoms with Crippen molar-refractivity contribution >= 4 is 34.4 Å². The van der Waals surface area contributed by atoms with Gasteiger partial charge >= 0.3 is 0 Å². The average Bonchev–Trinajstić information content (AvgIpc) is 3.21. The van der Waals surface area contributed by atoms with Gasteiger partial charge in [0.2, 0.25) is 5.91 Å². The van der Waals surface area contributed by atoms with Crippen molar-refractivity contribution in [3.8, 4) is 0 Å². The van der Waals surface area contributed by atoms with Crippen molar-refractivity contribution in [2.45, 2.75) is 59.5 Å². The number of para-hydroxylation sites is 1. The number of thioether (sulfide) groups is 1. The van der Waals surface area contributed by atoms with Crippen molar-refractivity contribution in [3.05, 3.63) is 87.6 Å². The van der Waals surface area contributed by atoms with E-state index >= 15 is 0 Å². The van der Waals surface area contributed by atoms with Crippen LogP contribution in [-0.2, 0) is 9.59 Å². The van der Waals surface area contributed by atoms with Crippen LogP contribution in [0.25, 0.3) is 0 Å². The summed E-state index contributed by atoms with van der Waals surface area (Å²) in [7, 11) is 0. The predicted molar refractivity (Wildman–Crippen MR) is 144 cm³/mol. The molecule has 2 aliphatic rings. The number of nitrogens with one attached hydrogen (secondary N) is 2. The monoisotopic (exact) mass is 488 g/mol. The molecule has 6 nitrogen and oxygen atoms in total. The summed E-state index contributed by atoms with van der Waals surface area (Å²) in [6.07, 6.45) is 1.09. The number of aryl methyl sites for hydroxylation is 2. The maximum absolute atomic E-state index is 13.7. The summed E-state index contributed by atoms with van der Waals surface area (Å²) < 4.78 is 0. The van der Waals surface area contributed by atoms with E-state index < -0.39 is 0 Å². The lowest BCUT2D eigenvalue weighted by Crippen LogP contribution is -2.40. The number of hydrogen-bond acceptors (Lipinski definition) is 5. The molecule has 35 heavy (non-hydrogen) atoms. The fourth-order valence-electron chi connectivity index (χ4n) is 4.32. The van der Waals surface area contributed by atoms with Crippen LogP contribution in [0, 0.1) is 13.8 Å². The summed E-state index contributed by atoms with van der Waals surface area (Å²) >= 11 is 1.50. The van der Waals surface area contributed by atoms with Gasteiger partial charge < -0.3 is 15.5 Å². The fraction of sp³-hybridized carbons (Fsp3) is 0.321. The molecule has 7 heteroatoms. The first-order valence-electron chi connectivity index (χ1n) is 12.0. The van der Waals surface area contributed by atoms with Crippen molar-refractivity contribution in [2.75, 3.05) is 5.32 Å². The number of rotatable bonds is 7. The number of amides is 2. The van der Waals surface area contributed by atoms with E-state index in [0.717, 1.165) is 39.7 Å². The zero-order valence-electron chi connectivity index (χ0n) is 20.9. The van der Waals surface area contributed by atoms with E-state index in [0.29, 0.717) is 11.3 Å². The highest BCUT2D eigenvalue weighted by molar-refractivity contribution is 8.16. The number of benzene rings is 2. The maximum atomic E-state index is 13.7. The average molecular weight is 489 g/mol. The first kappa shape index (κ1) is 24.8. The standard InChI is InChI=1S/C28H32N4O2S/c1-6-19(4)29-24(33)15-22-16-35-28-30-20(5)25(27(34)31-21-10-8-7-9-11-21)26(32(22)28)23-14-17(2)12-13-18(23)3/h7-14,16,19,26H,6,15H2,1-5H3,(H,29,33)(H,31,34)/t19-,26-/m0/s1. The van der Waals surface area contributed by atoms with Gasteiger partial charge in [0.15, 0.2) is 5.17 Å². The van der Waals surface area contributed by atoms with Gasteiger partial charge in [-0.25, -0.2) is 4.99 Å². The summed E-state index contributed by atoms with van der Waals surface area (Å²) in [5.41, 5.74) is 6.07. The molecule has 2 aliphatic heterocycles. The Kier molecular flexibility index (Phi) is 7.45. The smallest absolute Gasteiger partial charge is 0.255 e. The number of hydrogen-bond donors (Lipinski definition) is 2. The first-order valence-corrected chi connectivity index (χ1v) is 12.8. The lowest BCUT2D eigenvalue weighted by Gasteiger charge is -2.37. The van der Waals surface area contributed by atoms with Gasteiger partial charge in [0, 0.05) is 17.4 Å². The minimum absolute atomic E-state index is 0.0336. The summed E-state index contributed by atoms with van der Waals surface area (Å²) in [6.45, 7) is 10.0. The normalized spacial score (nSPS) is 18.0. The van der Waals surface area contributed by atoms with E-state index in [1.807, 2.05) is 56.5 Å². The number of nitrogens with zero attached hydrogens (tertiary/aromatic N) is 2. The minimum Gasteiger partial charge on any atom is -0.353 e. The quantitative estimate of drug-likeness (QED) is 0.515. The van der Waals surface area contributed by atoms with Gasteiger partial charge in [-0.3, -0.25) is 9.59 Å². The molecule has 0 unspecified atom stereocenters. The topological polar surface area (TPSA) is 73.8 Å². The number of anilines is 1. The number of carbonyl (C=O) groups excluding carboxylic acids is 2. The summed E-state index contributed by atoms with van der Waals surface area (Å²) in [5, 5.41) is 8.87. The Balaban J connectivity index is 1.75. The van der Waals surface area contributed by atoms with Crippen molar-refractivity contribution in [3.63, 3.8) is 0 Å². The number of carbonyl (C=O) groups is 2. The molecule has 0 radical (unpaired) electrons. The zero-order chi connectivity index (χ0) is 25.1. The molecular weight excluding hydrogens is 456 g/mol. The van der Waals surface area contributed by atoms with Gasteiger partial charge in [-0.2, -0.15) is 0 Å². The van der Waals surface area contributed by atoms with Gasteiger partial charge in [0.1, 0.15) is 0 Å². The number of aliphatic imine (C=N–C) groups is 1. The lowest BCUT2D eigenvalue weighted by molar-refractivity contribution is -0.121. The van der Waals surface area contributed by atoms with E-state index in [4.69, 9.17) is 4.99 Å². The van der Waals surface area contributed by atoms with Gasteiger partial charge in [-0.15, -0.1) is 0 Å². The highest BCUT2D eigenvalue weighted by atomic mass is 32.2. The molecule has 2 N–H and O–H groups in total. The maximum Gasteiger partial charge on any atom is 0.255 e. The minimum atomic E-state index is -0.385. The van der Waals surface area contributed by atoms with Crippen LogP contribution >= 0.6 is 11.8 Å². The fourth-order valence-corrected chi connectivity index (χ4v) is 5.29. The molecule has 0 spiro atoms. The van der Waals surface area contributed by atoms with E-state index in [2.05, 4.69) is 47.6 Å². The number of allylic oxidation sites excluding steroid dienone is 1. The molecule has 0 saturated carbocycles. The zero-order valence-corrected chi connectivity index (χ0v) is 21.7. The largest absolute Gasteiger partial charge is 0.353 e. The molecule has 0 fully saturated rings. The van der Waals surface area contributed by atoms with Crippen LogP contribution in [0.1, 0.15) is 56.3 Å². The van der Waals surface area contributed by atoms with Crippen LogP contribution in [0.3, 0.4) is 0 Å². The number of fused-ring (bicyclic) bond motifs is 1. The molecule has 2 aromatic rings. The predicted octanol–water partition coefficient (Wildman–Crippen LogP) is 5.82. The molecule has 4 rings (SSSR count). The van der Waals surface area contributed by atoms with E-state index in [-0.39, 0.29) is 30.3 Å². The van der Waals surface area contributed by atoms with Crippen LogP contribution in [0.2, 0.25) is 0 Å². The Bertz CT molecular complexity index is 1230. The second-order valence-electron chi connectivity index (χ2n) is 9.13. The van der Waals surface area contributed by atoms with Crippen molar-refractivity contribution in [1.82, 2.24) is 10.2 Å². The Hall–Kier alpha value is -3.32. The first-order chi connectivity index (χ1) is 16.8. The van der Waals surface area contributed by atoms with E-state index in [9.17, 15) is 9.59 Å². The van der Waals surface area contributed by atoms with Gasteiger partial charge in [-0.1, -0.05) is 60.6 Å². The second-order valence-corrected chi connectivity index (χ2v) is 9.96. The summed E-state index contributed by atoms with van der Waals surface area (Å²) in [5.74, 6) is -0.226. The van der Waals surface area contributed by atoms with Crippen LogP contribution in [0.15, 0.2) is 75.9 Å². The molecule has 0 bridgehead atoms. The van der Waals surface area contributed by atoms with E-state index in [1.165, 1.54) is 11.8 Å². The van der Waals surface area contributed by atoms with Gasteiger partial charge in [0.25, 0.3) is 5.91 Å². The van der Waals surface area contributed by atoms with E-state index in [1.54, 1.807) is 0 Å². The number of amidine groups is 1. The highest BCUT2D eigenvalue weighted by Crippen LogP contribution is 2.45. The van der Waals surface area contributed by atoms with Crippen molar-refractivity contribution in [2.24, 2.45) is 4.99 Å². The van der Waals surface area contributed by atoms with Crippen molar-refractivity contribution in [1.29, 1.82) is 0 Å². The molecule has 0 aliphatic carbocycles. The van der Waals surface area contributed by atoms with Crippen molar-refractivity contribution < 1.29 is 9.59 Å². The molecular formula is C28H32N4O2S. The van der Waals surface area contributed by atoms with Crippen LogP contribution in [0.4, 0.5) is 5.69 Å². The van der Waals surface area contributed by atoms with Gasteiger partial charge in [-0.05, 0) is 62.8 Å². The van der Waals surface area contributed by atoms with Crippen LogP contribution in [0.5, 0.6) is 0 Å². The molecule has 0 aromatic heterocycles. The third kappa shape index (κ3) is 5.35. The highest BCUT2D eigenvalue weighted by Gasteiger charge is 2.41. The lowest BCUT2D eigenvalue weighted by atomic mass is 9.89. The Morgan fingerprint density at radius 2 is 1.86 bits per heavy atom. The Labute approximate surface area is 211 Å². The third-order valence-electron chi connectivity index (χ3n) is 6.37. The van der Waals surface area contributed by atoms with Crippen LogP contribution in [-0.4, -0.2) is 27.9 Å². The molecule has 2 amide bonds. The molecule has 2 aromatic carbocycles. The summed E-state index contributed by atoms with van der Waals surface area (Å²) in [4.78, 5) is 33.4. The Morgan fingerprint density at radius 1 is 1.11 bits per heavy atom. The van der Waals surface area contributed by atoms with Crippen LogP contribution < -0.4 is 10.6 Å².